The van der Waals surface area contributed by atoms with E-state index < -0.39 is 17.3 Å². The predicted molar refractivity (Wildman–Crippen MR) is 70.2 cm³/mol. The molecule has 0 saturated carbocycles. The fourth-order valence-corrected chi connectivity index (χ4v) is 2.13. The summed E-state index contributed by atoms with van der Waals surface area (Å²) in [6.45, 7) is 3.59. The molecule has 2 aromatic heterocycles. The van der Waals surface area contributed by atoms with Crippen molar-refractivity contribution in [2.45, 2.75) is 13.8 Å². The smallest absolute Gasteiger partial charge is 0.262 e. The number of halogens is 2. The van der Waals surface area contributed by atoms with Crippen molar-refractivity contribution in [3.63, 3.8) is 0 Å². The number of benzene rings is 1. The summed E-state index contributed by atoms with van der Waals surface area (Å²) in [6, 6.07) is 3.71. The Hall–Kier alpha value is -2.50. The molecule has 0 aliphatic rings. The molecule has 0 radical (unpaired) electrons. The molecule has 1 aromatic carbocycles. The number of aromatic nitrogens is 3. The molecule has 20 heavy (non-hydrogen) atoms. The van der Waals surface area contributed by atoms with Crippen LogP contribution in [0.5, 0.6) is 0 Å². The summed E-state index contributed by atoms with van der Waals surface area (Å²) in [5.41, 5.74) is 1.01. The van der Waals surface area contributed by atoms with Gasteiger partial charge in [0.2, 0.25) is 11.7 Å². The minimum Gasteiger partial charge on any atom is -0.269 e. The molecule has 0 aliphatic heterocycles. The van der Waals surface area contributed by atoms with E-state index in [0.717, 1.165) is 26.2 Å². The molecule has 3 aromatic rings. The number of imidazole rings is 1. The molecular weight excluding hydrogens is 264 g/mol. The SMILES string of the molecule is Cc1cc(F)c(-n2c(=O)cc(F)n3ccnc23)cc1C. The molecule has 0 amide bonds. The molecule has 0 atom stereocenters. The number of rotatable bonds is 1. The average molecular weight is 275 g/mol. The van der Waals surface area contributed by atoms with Crippen molar-refractivity contribution in [3.8, 4) is 5.69 Å². The lowest BCUT2D eigenvalue weighted by molar-refractivity contribution is 0.555. The Labute approximate surface area is 112 Å². The van der Waals surface area contributed by atoms with Gasteiger partial charge in [-0.15, -0.1) is 0 Å². The Balaban J connectivity index is 2.44. The van der Waals surface area contributed by atoms with Crippen molar-refractivity contribution in [2.75, 3.05) is 0 Å². The van der Waals surface area contributed by atoms with Crippen LogP contribution in [0.3, 0.4) is 0 Å². The summed E-state index contributed by atoms with van der Waals surface area (Å²) in [6.07, 6.45) is 2.73. The molecule has 102 valence electrons. The van der Waals surface area contributed by atoms with Crippen LogP contribution in [0, 0.1) is 25.6 Å². The summed E-state index contributed by atoms with van der Waals surface area (Å²) in [5, 5.41) is 0. The minimum atomic E-state index is -0.733. The molecule has 0 bridgehead atoms. The molecule has 0 spiro atoms. The second-order valence-corrected chi connectivity index (χ2v) is 4.63. The van der Waals surface area contributed by atoms with Crippen LogP contribution in [0.2, 0.25) is 0 Å². The molecule has 0 saturated heterocycles. The highest BCUT2D eigenvalue weighted by Crippen LogP contribution is 2.19. The number of nitrogens with zero attached hydrogens (tertiary/aromatic N) is 3. The lowest BCUT2D eigenvalue weighted by atomic mass is 10.1. The topological polar surface area (TPSA) is 39.3 Å². The maximum absolute atomic E-state index is 14.1. The van der Waals surface area contributed by atoms with E-state index in [4.69, 9.17) is 0 Å². The van der Waals surface area contributed by atoms with Gasteiger partial charge < -0.3 is 0 Å². The third kappa shape index (κ3) is 1.72. The highest BCUT2D eigenvalue weighted by Gasteiger charge is 2.15. The lowest BCUT2D eigenvalue weighted by Crippen LogP contribution is -2.22. The van der Waals surface area contributed by atoms with Crippen molar-refractivity contribution < 1.29 is 8.78 Å². The Morgan fingerprint density at radius 1 is 1.10 bits per heavy atom. The molecule has 6 heteroatoms. The van der Waals surface area contributed by atoms with Crippen LogP contribution in [0.15, 0.2) is 35.4 Å². The largest absolute Gasteiger partial charge is 0.269 e. The number of aryl methyl sites for hydroxylation is 2. The van der Waals surface area contributed by atoms with Crippen LogP contribution in [0.4, 0.5) is 8.78 Å². The zero-order chi connectivity index (χ0) is 14.4. The number of hydrogen-bond donors (Lipinski definition) is 0. The van der Waals surface area contributed by atoms with Gasteiger partial charge in [-0.3, -0.25) is 9.20 Å². The molecule has 4 nitrogen and oxygen atoms in total. The van der Waals surface area contributed by atoms with Gasteiger partial charge in [0.05, 0.1) is 11.8 Å². The normalized spacial score (nSPS) is 11.2. The summed E-state index contributed by atoms with van der Waals surface area (Å²) in [5.74, 6) is -1.24. The highest BCUT2D eigenvalue weighted by molar-refractivity contribution is 5.47. The molecular formula is C14H11F2N3O. The zero-order valence-corrected chi connectivity index (χ0v) is 10.9. The Kier molecular flexibility index (Phi) is 2.67. The molecule has 0 aliphatic carbocycles. The first-order valence-corrected chi connectivity index (χ1v) is 6.01. The summed E-state index contributed by atoms with van der Waals surface area (Å²) >= 11 is 0. The van der Waals surface area contributed by atoms with Crippen LogP contribution in [-0.2, 0) is 0 Å². The van der Waals surface area contributed by atoms with Crippen LogP contribution in [0.25, 0.3) is 11.5 Å². The van der Waals surface area contributed by atoms with Gasteiger partial charge in [-0.2, -0.15) is 4.39 Å². The average Bonchev–Trinajstić information content (AvgIpc) is 2.84. The van der Waals surface area contributed by atoms with Gasteiger partial charge in [-0.05, 0) is 37.1 Å². The minimum absolute atomic E-state index is 0.0390. The van der Waals surface area contributed by atoms with Crippen LogP contribution in [0.1, 0.15) is 11.1 Å². The van der Waals surface area contributed by atoms with Crippen molar-refractivity contribution in [2.24, 2.45) is 0 Å². The van der Waals surface area contributed by atoms with E-state index in [2.05, 4.69) is 4.98 Å². The van der Waals surface area contributed by atoms with E-state index in [-0.39, 0.29) is 11.5 Å². The second kappa shape index (κ2) is 4.26. The molecule has 2 heterocycles. The summed E-state index contributed by atoms with van der Waals surface area (Å²) < 4.78 is 29.9. The molecule has 0 unspecified atom stereocenters. The van der Waals surface area contributed by atoms with Crippen molar-refractivity contribution in [1.29, 1.82) is 0 Å². The zero-order valence-electron chi connectivity index (χ0n) is 10.9. The Morgan fingerprint density at radius 2 is 1.80 bits per heavy atom. The van der Waals surface area contributed by atoms with Gasteiger partial charge in [0.15, 0.2) is 0 Å². The van der Waals surface area contributed by atoms with Crippen molar-refractivity contribution >= 4 is 5.78 Å². The standard InChI is InChI=1S/C14H11F2N3O/c1-8-5-10(15)11(6-9(8)2)19-13(20)7-12(16)18-4-3-17-14(18)19/h3-7H,1-2H3. The predicted octanol–water partition coefficient (Wildman–Crippen LogP) is 2.38. The first-order valence-electron chi connectivity index (χ1n) is 6.01. The quantitative estimate of drug-likeness (QED) is 0.640. The van der Waals surface area contributed by atoms with Crippen molar-refractivity contribution in [3.05, 3.63) is 63.8 Å². The van der Waals surface area contributed by atoms with E-state index in [9.17, 15) is 13.6 Å². The monoisotopic (exact) mass is 275 g/mol. The molecule has 0 N–H and O–H groups in total. The van der Waals surface area contributed by atoms with Gasteiger partial charge in [0.1, 0.15) is 5.82 Å². The van der Waals surface area contributed by atoms with Crippen molar-refractivity contribution in [1.82, 2.24) is 14.0 Å². The maximum atomic E-state index is 14.1. The van der Waals surface area contributed by atoms with Gasteiger partial charge in [-0.25, -0.2) is 13.9 Å². The Bertz CT molecular complexity index is 880. The Morgan fingerprint density at radius 3 is 2.55 bits per heavy atom. The fourth-order valence-electron chi connectivity index (χ4n) is 2.13. The number of fused-ring (bicyclic) bond motifs is 1. The molecule has 3 rings (SSSR count). The van der Waals surface area contributed by atoms with Gasteiger partial charge in [0, 0.05) is 12.4 Å². The van der Waals surface area contributed by atoms with E-state index in [0.29, 0.717) is 0 Å². The van der Waals surface area contributed by atoms with Gasteiger partial charge in [-0.1, -0.05) is 0 Å². The van der Waals surface area contributed by atoms with E-state index in [1.165, 1.54) is 18.5 Å². The first kappa shape index (κ1) is 12.5. The first-order chi connectivity index (χ1) is 9.49. The summed E-state index contributed by atoms with van der Waals surface area (Å²) in [4.78, 5) is 15.9. The van der Waals surface area contributed by atoms with Gasteiger partial charge >= 0.3 is 0 Å². The molecule has 0 fully saturated rings. The number of hydrogen-bond acceptors (Lipinski definition) is 2. The maximum Gasteiger partial charge on any atom is 0.262 e. The van der Waals surface area contributed by atoms with Gasteiger partial charge in [0.25, 0.3) is 5.56 Å². The second-order valence-electron chi connectivity index (χ2n) is 4.63. The summed E-state index contributed by atoms with van der Waals surface area (Å²) in [7, 11) is 0. The lowest BCUT2D eigenvalue weighted by Gasteiger charge is -2.11. The fraction of sp³-hybridized carbons (Fsp3) is 0.143. The highest BCUT2D eigenvalue weighted by atomic mass is 19.1. The van der Waals surface area contributed by atoms with E-state index >= 15 is 0 Å². The third-order valence-electron chi connectivity index (χ3n) is 3.32. The van der Waals surface area contributed by atoms with Crippen LogP contribution >= 0.6 is 0 Å². The van der Waals surface area contributed by atoms with E-state index in [1.54, 1.807) is 13.0 Å². The van der Waals surface area contributed by atoms with Crippen LogP contribution in [-0.4, -0.2) is 14.0 Å². The third-order valence-corrected chi connectivity index (χ3v) is 3.32. The van der Waals surface area contributed by atoms with Crippen LogP contribution < -0.4 is 5.56 Å². The van der Waals surface area contributed by atoms with E-state index in [1.807, 2.05) is 6.92 Å².